The lowest BCUT2D eigenvalue weighted by molar-refractivity contribution is -0.137. The van der Waals surface area contributed by atoms with Crippen LogP contribution >= 0.6 is 0 Å². The van der Waals surface area contributed by atoms with Crippen LogP contribution in [0.3, 0.4) is 0 Å². The fourth-order valence-electron chi connectivity index (χ4n) is 4.70. The summed E-state index contributed by atoms with van der Waals surface area (Å²) < 4.78 is 54.7. The predicted molar refractivity (Wildman–Crippen MR) is 146 cm³/mol. The van der Waals surface area contributed by atoms with Gasteiger partial charge in [-0.1, -0.05) is 30.4 Å². The molecule has 0 bridgehead atoms. The molecule has 0 saturated carbocycles. The molecule has 0 saturated heterocycles. The highest BCUT2D eigenvalue weighted by molar-refractivity contribution is 6.11. The molecule has 0 amide bonds. The number of hydrogen-bond acceptors (Lipinski definition) is 5. The van der Waals surface area contributed by atoms with Gasteiger partial charge in [-0.05, 0) is 66.1 Å². The van der Waals surface area contributed by atoms with E-state index in [2.05, 4.69) is 4.57 Å². The largest absolute Gasteiger partial charge is 0.497 e. The standard InChI is InChI=1S/C29H24F3N3O2.H2N2/c1-36-20-9-12-26-23(15-20)24-16-21(37-2)10-13-27(24)35(26)19-5-3-4-17(6-8-19)22-11-7-18(28(33)34)14-25(22)29(30,31)32;1-2/h4-16H,3H2,1-2H3,(H3,33,34);1-2H. The fraction of sp³-hybridized carbons (Fsp3) is 0.138. The molecule has 1 aromatic heterocycles. The van der Waals surface area contributed by atoms with Gasteiger partial charge in [-0.2, -0.15) is 13.2 Å². The van der Waals surface area contributed by atoms with Gasteiger partial charge in [0.15, 0.2) is 0 Å². The van der Waals surface area contributed by atoms with Crippen LogP contribution in [0.1, 0.15) is 23.1 Å². The summed E-state index contributed by atoms with van der Waals surface area (Å²) in [6, 6.07) is 15.4. The second-order valence-corrected chi connectivity index (χ2v) is 8.63. The van der Waals surface area contributed by atoms with Crippen molar-refractivity contribution in [3.05, 3.63) is 95.6 Å². The van der Waals surface area contributed by atoms with Crippen molar-refractivity contribution in [1.29, 1.82) is 16.5 Å². The van der Waals surface area contributed by atoms with Crippen LogP contribution in [-0.2, 0) is 6.18 Å². The van der Waals surface area contributed by atoms with Crippen LogP contribution in [0.25, 0.3) is 33.1 Å². The Morgan fingerprint density at radius 2 is 1.44 bits per heavy atom. The number of rotatable bonds is 5. The number of nitrogen functional groups attached to an aromatic ring is 1. The van der Waals surface area contributed by atoms with Crippen LogP contribution < -0.4 is 15.2 Å². The highest BCUT2D eigenvalue weighted by atomic mass is 19.4. The van der Waals surface area contributed by atoms with Gasteiger partial charge >= 0.3 is 6.18 Å². The summed E-state index contributed by atoms with van der Waals surface area (Å²) in [6.07, 6.45) is 3.10. The van der Waals surface area contributed by atoms with Crippen molar-refractivity contribution in [2.24, 2.45) is 5.73 Å². The van der Waals surface area contributed by atoms with E-state index in [9.17, 15) is 13.2 Å². The smallest absolute Gasteiger partial charge is 0.417 e. The molecule has 4 aromatic rings. The maximum atomic E-state index is 13.9. The van der Waals surface area contributed by atoms with E-state index in [1.54, 1.807) is 26.4 Å². The molecular formula is C29H26F3N5O2. The Morgan fingerprint density at radius 1 is 0.846 bits per heavy atom. The molecule has 5 rings (SSSR count). The van der Waals surface area contributed by atoms with Gasteiger partial charge in [-0.25, -0.2) is 11.1 Å². The Morgan fingerprint density at radius 3 is 1.95 bits per heavy atom. The first-order valence-corrected chi connectivity index (χ1v) is 11.8. The Hall–Kier alpha value is -4.86. The number of ether oxygens (including phenoxy) is 2. The van der Waals surface area contributed by atoms with E-state index in [1.165, 1.54) is 12.1 Å². The van der Waals surface area contributed by atoms with Gasteiger partial charge in [0.2, 0.25) is 0 Å². The number of fused-ring (bicyclic) bond motifs is 3. The Kier molecular flexibility index (Phi) is 7.57. The number of allylic oxidation sites excluding steroid dienone is 6. The lowest BCUT2D eigenvalue weighted by atomic mass is 9.96. The van der Waals surface area contributed by atoms with Gasteiger partial charge in [0.25, 0.3) is 0 Å². The molecule has 200 valence electrons. The van der Waals surface area contributed by atoms with Gasteiger partial charge in [0.05, 0.1) is 30.8 Å². The number of benzene rings is 3. The molecule has 0 spiro atoms. The maximum Gasteiger partial charge on any atom is 0.417 e. The van der Waals surface area contributed by atoms with Gasteiger partial charge in [-0.15, -0.1) is 0 Å². The highest BCUT2D eigenvalue weighted by Gasteiger charge is 2.34. The fourth-order valence-corrected chi connectivity index (χ4v) is 4.70. The molecule has 39 heavy (non-hydrogen) atoms. The van der Waals surface area contributed by atoms with Crippen molar-refractivity contribution < 1.29 is 22.6 Å². The molecule has 7 nitrogen and oxygen atoms in total. The highest BCUT2D eigenvalue weighted by Crippen LogP contribution is 2.39. The van der Waals surface area contributed by atoms with Gasteiger partial charge in [-0.3, -0.25) is 5.41 Å². The third-order valence-corrected chi connectivity index (χ3v) is 6.48. The molecule has 1 aliphatic rings. The van der Waals surface area contributed by atoms with E-state index in [-0.39, 0.29) is 11.1 Å². The number of halogens is 3. The number of amidine groups is 1. The molecule has 0 fully saturated rings. The second kappa shape index (κ2) is 10.9. The van der Waals surface area contributed by atoms with Gasteiger partial charge < -0.3 is 19.8 Å². The summed E-state index contributed by atoms with van der Waals surface area (Å²) in [7, 11) is 3.23. The minimum absolute atomic E-state index is 0.0317. The van der Waals surface area contributed by atoms with Crippen LogP contribution in [0, 0.1) is 16.5 Å². The van der Waals surface area contributed by atoms with Crippen LogP contribution in [0.4, 0.5) is 13.2 Å². The van der Waals surface area contributed by atoms with Crippen molar-refractivity contribution in [2.75, 3.05) is 14.2 Å². The Labute approximate surface area is 222 Å². The van der Waals surface area contributed by atoms with E-state index < -0.39 is 17.6 Å². The number of hydrogen-bond donors (Lipinski definition) is 4. The first kappa shape index (κ1) is 27.2. The summed E-state index contributed by atoms with van der Waals surface area (Å²) in [6.45, 7) is 0. The molecule has 0 aliphatic heterocycles. The van der Waals surface area contributed by atoms with E-state index in [0.29, 0.717) is 12.0 Å². The van der Waals surface area contributed by atoms with Gasteiger partial charge in [0.1, 0.15) is 17.3 Å². The number of methoxy groups -OCH3 is 2. The maximum absolute atomic E-state index is 13.9. The summed E-state index contributed by atoms with van der Waals surface area (Å²) in [4.78, 5) is 0. The van der Waals surface area contributed by atoms with E-state index in [1.807, 2.05) is 48.6 Å². The van der Waals surface area contributed by atoms with E-state index in [4.69, 9.17) is 31.7 Å². The Bertz CT molecular complexity index is 1600. The van der Waals surface area contributed by atoms with Crippen LogP contribution in [-0.4, -0.2) is 24.6 Å². The molecule has 0 radical (unpaired) electrons. The average Bonchev–Trinajstić information content (AvgIpc) is 3.07. The zero-order valence-electron chi connectivity index (χ0n) is 21.2. The zero-order valence-corrected chi connectivity index (χ0v) is 21.2. The topological polar surface area (TPSA) is 121 Å². The molecule has 1 aliphatic carbocycles. The van der Waals surface area contributed by atoms with E-state index >= 15 is 0 Å². The van der Waals surface area contributed by atoms with Crippen LogP contribution in [0.2, 0.25) is 0 Å². The van der Waals surface area contributed by atoms with Crippen LogP contribution in [0.5, 0.6) is 11.5 Å². The second-order valence-electron chi connectivity index (χ2n) is 8.63. The number of alkyl halides is 3. The van der Waals surface area contributed by atoms with Crippen LogP contribution in [0.15, 0.2) is 78.9 Å². The average molecular weight is 534 g/mol. The number of nitrogens with two attached hydrogens (primary N) is 1. The van der Waals surface area contributed by atoms with Crippen molar-refractivity contribution in [3.8, 4) is 11.5 Å². The zero-order chi connectivity index (χ0) is 28.3. The summed E-state index contributed by atoms with van der Waals surface area (Å²) in [5, 5.41) is 9.47. The first-order valence-electron chi connectivity index (χ1n) is 11.8. The number of nitrogens with one attached hydrogen (secondary N) is 3. The molecule has 0 atom stereocenters. The van der Waals surface area contributed by atoms with E-state index in [0.717, 1.165) is 45.1 Å². The summed E-state index contributed by atoms with van der Waals surface area (Å²) in [5.41, 5.74) is 17.8. The van der Waals surface area contributed by atoms with Crippen molar-refractivity contribution in [3.63, 3.8) is 0 Å². The lowest BCUT2D eigenvalue weighted by Crippen LogP contribution is -2.15. The first-order chi connectivity index (χ1) is 18.7. The number of nitrogens with zero attached hydrogens (tertiary/aromatic N) is 1. The molecule has 0 unspecified atom stereocenters. The third kappa shape index (κ3) is 5.13. The van der Waals surface area contributed by atoms with Crippen molar-refractivity contribution in [1.82, 2.24) is 4.57 Å². The third-order valence-electron chi connectivity index (χ3n) is 6.48. The molecule has 3 aromatic carbocycles. The lowest BCUT2D eigenvalue weighted by Gasteiger charge is -2.15. The summed E-state index contributed by atoms with van der Waals surface area (Å²) in [5.74, 6) is 1.03. The minimum Gasteiger partial charge on any atom is -0.497 e. The molecule has 10 heteroatoms. The number of aromatic nitrogens is 1. The van der Waals surface area contributed by atoms with Crippen molar-refractivity contribution in [2.45, 2.75) is 12.6 Å². The summed E-state index contributed by atoms with van der Waals surface area (Å²) >= 11 is 0. The SMILES string of the molecule is COc1ccc2c(c1)c1cc(OC)ccc1n2C1=CCC=C(c2ccc(C(=N)N)cc2C(F)(F)F)C=C1.N=N. The predicted octanol–water partition coefficient (Wildman–Crippen LogP) is 7.60. The molecular weight excluding hydrogens is 507 g/mol. The normalized spacial score (nSPS) is 13.3. The van der Waals surface area contributed by atoms with Crippen molar-refractivity contribution >= 4 is 38.9 Å². The van der Waals surface area contributed by atoms with Gasteiger partial charge in [0, 0.05) is 22.0 Å². The molecule has 1 heterocycles. The minimum atomic E-state index is -4.59. The molecule has 5 N–H and O–H groups in total. The quantitative estimate of drug-likeness (QED) is 0.120. The Balaban J connectivity index is 0.00000172. The monoisotopic (exact) mass is 533 g/mol.